The molecule has 2 aliphatic rings. The number of rotatable bonds is 3. The average molecular weight is 420 g/mol. The number of anilines is 1. The van der Waals surface area contributed by atoms with E-state index in [-0.39, 0.29) is 23.4 Å². The lowest BCUT2D eigenvalue weighted by Gasteiger charge is -2.40. The van der Waals surface area contributed by atoms with Gasteiger partial charge in [-0.1, -0.05) is 18.2 Å². The van der Waals surface area contributed by atoms with Crippen molar-refractivity contribution in [2.45, 2.75) is 25.4 Å². The Morgan fingerprint density at radius 2 is 1.94 bits per heavy atom. The Morgan fingerprint density at radius 3 is 2.71 bits per heavy atom. The predicted octanol–water partition coefficient (Wildman–Crippen LogP) is 1.81. The fourth-order valence-electron chi connectivity index (χ4n) is 4.65. The van der Waals surface area contributed by atoms with Crippen LogP contribution in [0.4, 0.5) is 10.5 Å². The number of amides is 3. The van der Waals surface area contributed by atoms with E-state index in [0.29, 0.717) is 31.0 Å². The Kier molecular flexibility index (Phi) is 4.68. The van der Waals surface area contributed by atoms with E-state index in [1.54, 1.807) is 24.0 Å². The first-order chi connectivity index (χ1) is 15.0. The van der Waals surface area contributed by atoms with Gasteiger partial charge in [0.1, 0.15) is 17.8 Å². The minimum Gasteiger partial charge on any atom is -0.337 e. The van der Waals surface area contributed by atoms with Gasteiger partial charge in [0.2, 0.25) is 0 Å². The van der Waals surface area contributed by atoms with Gasteiger partial charge in [0.25, 0.3) is 5.91 Å². The van der Waals surface area contributed by atoms with Crippen LogP contribution in [0.1, 0.15) is 35.2 Å². The number of para-hydroxylation sites is 1. The standard InChI is InChI=1S/C21H24N8O2/c1-27-10-7-16(26-27)19(30)28-11-8-21(13-28)9-12-29-18(22-14-23-29)17(21)25-20(31)24-15-5-3-2-4-6-15/h2-7,10,14,17H,8-9,11-13H2,1H3,(H2,24,25,31)/t17-,21-/m0/s1. The first kappa shape index (κ1) is 19.3. The first-order valence-electron chi connectivity index (χ1n) is 10.3. The number of aryl methyl sites for hydroxylation is 2. The highest BCUT2D eigenvalue weighted by Crippen LogP contribution is 2.47. The monoisotopic (exact) mass is 420 g/mol. The van der Waals surface area contributed by atoms with Crippen molar-refractivity contribution in [2.75, 3.05) is 18.4 Å². The van der Waals surface area contributed by atoms with Crippen LogP contribution in [0.3, 0.4) is 0 Å². The Bertz CT molecular complexity index is 1110. The molecule has 2 aromatic heterocycles. The van der Waals surface area contributed by atoms with Crippen LogP contribution < -0.4 is 10.6 Å². The average Bonchev–Trinajstić information content (AvgIpc) is 3.51. The van der Waals surface area contributed by atoms with Crippen LogP contribution in [0.15, 0.2) is 48.9 Å². The molecule has 0 saturated carbocycles. The zero-order valence-electron chi connectivity index (χ0n) is 17.2. The maximum Gasteiger partial charge on any atom is 0.319 e. The first-order valence-corrected chi connectivity index (χ1v) is 10.3. The number of carbonyl (C=O) groups is 2. The number of hydrogen-bond acceptors (Lipinski definition) is 5. The molecule has 3 aromatic rings. The Balaban J connectivity index is 1.38. The third kappa shape index (κ3) is 3.54. The summed E-state index contributed by atoms with van der Waals surface area (Å²) in [6.45, 7) is 1.85. The molecule has 4 heterocycles. The number of fused-ring (bicyclic) bond motifs is 1. The molecular weight excluding hydrogens is 396 g/mol. The van der Waals surface area contributed by atoms with E-state index >= 15 is 0 Å². The largest absolute Gasteiger partial charge is 0.337 e. The maximum absolute atomic E-state index is 13.0. The van der Waals surface area contributed by atoms with E-state index in [1.165, 1.54) is 6.33 Å². The Hall–Kier alpha value is -3.69. The Labute approximate surface area is 179 Å². The van der Waals surface area contributed by atoms with Crippen molar-refractivity contribution in [3.05, 3.63) is 60.4 Å². The molecule has 31 heavy (non-hydrogen) atoms. The van der Waals surface area contributed by atoms with Crippen LogP contribution in [0.25, 0.3) is 0 Å². The summed E-state index contributed by atoms with van der Waals surface area (Å²) in [5.41, 5.74) is 0.844. The van der Waals surface area contributed by atoms with Crippen molar-refractivity contribution in [2.24, 2.45) is 12.5 Å². The van der Waals surface area contributed by atoms with Crippen LogP contribution in [0.2, 0.25) is 0 Å². The minimum atomic E-state index is -0.353. The highest BCUT2D eigenvalue weighted by atomic mass is 16.2. The fourth-order valence-corrected chi connectivity index (χ4v) is 4.65. The lowest BCUT2D eigenvalue weighted by molar-refractivity contribution is 0.0728. The third-order valence-corrected chi connectivity index (χ3v) is 6.25. The lowest BCUT2D eigenvalue weighted by Crippen LogP contribution is -2.49. The number of nitrogens with one attached hydrogen (secondary N) is 2. The summed E-state index contributed by atoms with van der Waals surface area (Å²) in [7, 11) is 1.79. The SMILES string of the molecule is Cn1ccc(C(=O)N2CC[C@]3(CCn4ncnc4[C@@H]3NC(=O)Nc3ccccc3)C2)n1. The molecule has 3 amide bonds. The second-order valence-electron chi connectivity index (χ2n) is 8.20. The van der Waals surface area contributed by atoms with E-state index in [1.807, 2.05) is 39.9 Å². The molecular formula is C21H24N8O2. The smallest absolute Gasteiger partial charge is 0.319 e. The number of benzene rings is 1. The molecule has 0 radical (unpaired) electrons. The molecule has 2 aliphatic heterocycles. The molecule has 1 aromatic carbocycles. The van der Waals surface area contributed by atoms with E-state index < -0.39 is 0 Å². The van der Waals surface area contributed by atoms with E-state index in [0.717, 1.165) is 18.7 Å². The van der Waals surface area contributed by atoms with Gasteiger partial charge in [0, 0.05) is 44.0 Å². The molecule has 1 fully saturated rings. The third-order valence-electron chi connectivity index (χ3n) is 6.25. The van der Waals surface area contributed by atoms with Crippen LogP contribution in [-0.2, 0) is 13.6 Å². The molecule has 5 rings (SSSR count). The van der Waals surface area contributed by atoms with Crippen molar-refractivity contribution >= 4 is 17.6 Å². The maximum atomic E-state index is 13.0. The van der Waals surface area contributed by atoms with E-state index in [9.17, 15) is 9.59 Å². The molecule has 2 N–H and O–H groups in total. The second kappa shape index (κ2) is 7.53. The molecule has 160 valence electrons. The number of carbonyl (C=O) groups excluding carboxylic acids is 2. The molecule has 10 heteroatoms. The highest BCUT2D eigenvalue weighted by molar-refractivity contribution is 5.92. The van der Waals surface area contributed by atoms with Gasteiger partial charge in [-0.15, -0.1) is 0 Å². The van der Waals surface area contributed by atoms with Crippen LogP contribution in [0.5, 0.6) is 0 Å². The van der Waals surface area contributed by atoms with Crippen molar-refractivity contribution in [1.29, 1.82) is 0 Å². The van der Waals surface area contributed by atoms with Gasteiger partial charge in [-0.05, 0) is 31.0 Å². The summed E-state index contributed by atoms with van der Waals surface area (Å²) >= 11 is 0. The summed E-state index contributed by atoms with van der Waals surface area (Å²) in [5.74, 6) is 0.638. The lowest BCUT2D eigenvalue weighted by atomic mass is 9.74. The molecule has 10 nitrogen and oxygen atoms in total. The van der Waals surface area contributed by atoms with Crippen LogP contribution in [-0.4, -0.2) is 54.5 Å². The summed E-state index contributed by atoms with van der Waals surface area (Å²) in [6, 6.07) is 10.4. The molecule has 0 bridgehead atoms. The highest BCUT2D eigenvalue weighted by Gasteiger charge is 2.51. The number of aromatic nitrogens is 5. The number of nitrogens with zero attached hydrogens (tertiary/aromatic N) is 6. The molecule has 2 atom stereocenters. The summed E-state index contributed by atoms with van der Waals surface area (Å²) < 4.78 is 3.46. The van der Waals surface area contributed by atoms with Crippen molar-refractivity contribution < 1.29 is 9.59 Å². The zero-order valence-corrected chi connectivity index (χ0v) is 17.2. The second-order valence-corrected chi connectivity index (χ2v) is 8.20. The topological polar surface area (TPSA) is 110 Å². The van der Waals surface area contributed by atoms with Crippen molar-refractivity contribution in [1.82, 2.24) is 34.8 Å². The Morgan fingerprint density at radius 1 is 1.13 bits per heavy atom. The normalized spacial score (nSPS) is 22.4. The van der Waals surface area contributed by atoms with Crippen LogP contribution >= 0.6 is 0 Å². The van der Waals surface area contributed by atoms with Gasteiger partial charge in [-0.2, -0.15) is 10.2 Å². The molecule has 0 unspecified atom stereocenters. The summed E-state index contributed by atoms with van der Waals surface area (Å²) in [6.07, 6.45) is 4.85. The predicted molar refractivity (Wildman–Crippen MR) is 112 cm³/mol. The molecule has 0 aliphatic carbocycles. The molecule has 1 spiro atoms. The van der Waals surface area contributed by atoms with Crippen molar-refractivity contribution in [3.8, 4) is 0 Å². The quantitative estimate of drug-likeness (QED) is 0.672. The van der Waals surface area contributed by atoms with Crippen LogP contribution in [0, 0.1) is 5.41 Å². The molecule has 1 saturated heterocycles. The van der Waals surface area contributed by atoms with Gasteiger partial charge in [-0.25, -0.2) is 14.5 Å². The number of likely N-dealkylation sites (tertiary alicyclic amines) is 1. The number of hydrogen-bond donors (Lipinski definition) is 2. The van der Waals surface area contributed by atoms with Crippen molar-refractivity contribution in [3.63, 3.8) is 0 Å². The summed E-state index contributed by atoms with van der Waals surface area (Å²) in [5, 5.41) is 14.5. The van der Waals surface area contributed by atoms with E-state index in [4.69, 9.17) is 0 Å². The van der Waals surface area contributed by atoms with Gasteiger partial charge < -0.3 is 15.5 Å². The zero-order chi connectivity index (χ0) is 21.4. The summed E-state index contributed by atoms with van der Waals surface area (Å²) in [4.78, 5) is 32.1. The minimum absolute atomic E-state index is 0.0861. The van der Waals surface area contributed by atoms with Gasteiger partial charge in [0.15, 0.2) is 0 Å². The van der Waals surface area contributed by atoms with Gasteiger partial charge in [0.05, 0.1) is 6.04 Å². The fraction of sp³-hybridized carbons (Fsp3) is 0.381. The van der Waals surface area contributed by atoms with Gasteiger partial charge >= 0.3 is 6.03 Å². The number of urea groups is 1. The van der Waals surface area contributed by atoms with E-state index in [2.05, 4.69) is 25.8 Å². The van der Waals surface area contributed by atoms with Gasteiger partial charge in [-0.3, -0.25) is 9.48 Å².